The van der Waals surface area contributed by atoms with E-state index in [9.17, 15) is 22.0 Å². The highest BCUT2D eigenvalue weighted by Crippen LogP contribution is 2.21. The topological polar surface area (TPSA) is 78.8 Å². The Morgan fingerprint density at radius 3 is 2.36 bits per heavy atom. The predicted molar refractivity (Wildman–Crippen MR) is 100 cm³/mol. The minimum Gasteiger partial charge on any atom is -0.267 e. The molecule has 1 amide bonds. The molecule has 1 N–H and O–H groups in total. The number of hydrogen-bond donors (Lipinski definition) is 1. The number of rotatable bonds is 5. The van der Waals surface area contributed by atoms with E-state index in [0.717, 1.165) is 37.6 Å². The maximum absolute atomic E-state index is 13.5. The van der Waals surface area contributed by atoms with Crippen molar-refractivity contribution < 1.29 is 22.0 Å². The molecule has 1 heterocycles. The molecule has 0 atom stereocenters. The summed E-state index contributed by atoms with van der Waals surface area (Å²) in [7, 11) is -3.68. The summed E-state index contributed by atoms with van der Waals surface area (Å²) >= 11 is 0. The average molecular weight is 407 g/mol. The van der Waals surface area contributed by atoms with Crippen LogP contribution in [-0.2, 0) is 10.0 Å². The first-order chi connectivity index (χ1) is 13.4. The minimum atomic E-state index is -3.68. The van der Waals surface area contributed by atoms with Gasteiger partial charge in [0.05, 0.1) is 16.7 Å². The van der Waals surface area contributed by atoms with Crippen molar-refractivity contribution >= 4 is 22.1 Å². The Morgan fingerprint density at radius 2 is 1.68 bits per heavy atom. The van der Waals surface area contributed by atoms with Gasteiger partial charge in [0.15, 0.2) is 0 Å². The van der Waals surface area contributed by atoms with Crippen LogP contribution in [0.4, 0.5) is 8.78 Å². The molecular weight excluding hydrogens is 388 g/mol. The third-order valence-corrected chi connectivity index (χ3v) is 6.30. The van der Waals surface area contributed by atoms with Crippen LogP contribution in [0.2, 0.25) is 0 Å². The number of hydrogen-bond acceptors (Lipinski definition) is 4. The largest absolute Gasteiger partial charge is 0.271 e. The van der Waals surface area contributed by atoms with Crippen molar-refractivity contribution in [3.8, 4) is 0 Å². The minimum absolute atomic E-state index is 0.0196. The van der Waals surface area contributed by atoms with Crippen LogP contribution in [0.25, 0.3) is 0 Å². The highest BCUT2D eigenvalue weighted by Gasteiger charge is 2.26. The number of halogens is 2. The Bertz CT molecular complexity index is 983. The van der Waals surface area contributed by atoms with E-state index in [2.05, 4.69) is 10.5 Å². The second-order valence-corrected chi connectivity index (χ2v) is 8.26. The number of nitrogens with zero attached hydrogens (tertiary/aromatic N) is 2. The molecule has 3 rings (SSSR count). The van der Waals surface area contributed by atoms with Gasteiger partial charge in [-0.05, 0) is 43.2 Å². The van der Waals surface area contributed by atoms with Crippen LogP contribution in [0.1, 0.15) is 35.2 Å². The summed E-state index contributed by atoms with van der Waals surface area (Å²) in [5, 5.41) is 3.56. The molecule has 0 bridgehead atoms. The van der Waals surface area contributed by atoms with Crippen LogP contribution in [0.5, 0.6) is 0 Å². The van der Waals surface area contributed by atoms with E-state index in [1.807, 2.05) is 0 Å². The van der Waals surface area contributed by atoms with Gasteiger partial charge in [0.2, 0.25) is 10.0 Å². The van der Waals surface area contributed by atoms with Crippen LogP contribution in [0.3, 0.4) is 0 Å². The molecule has 0 spiro atoms. The molecule has 1 fully saturated rings. The molecular formula is C19H19F2N3O3S. The fourth-order valence-electron chi connectivity index (χ4n) is 2.91. The molecule has 0 aliphatic carbocycles. The lowest BCUT2D eigenvalue weighted by Gasteiger charge is -2.25. The fraction of sp³-hybridized carbons (Fsp3) is 0.263. The second kappa shape index (κ2) is 8.57. The van der Waals surface area contributed by atoms with Gasteiger partial charge in [0.1, 0.15) is 11.6 Å². The molecule has 1 aliphatic heterocycles. The van der Waals surface area contributed by atoms with E-state index in [-0.39, 0.29) is 16.0 Å². The maximum atomic E-state index is 13.5. The second-order valence-electron chi connectivity index (χ2n) is 6.33. The molecule has 1 saturated heterocycles. The number of carbonyl (C=O) groups excluding carboxylic acids is 1. The lowest BCUT2D eigenvalue weighted by Crippen LogP contribution is -2.35. The summed E-state index contributed by atoms with van der Waals surface area (Å²) in [4.78, 5) is 12.3. The van der Waals surface area contributed by atoms with Crippen LogP contribution in [0.15, 0.2) is 52.5 Å². The summed E-state index contributed by atoms with van der Waals surface area (Å²) < 4.78 is 53.9. The van der Waals surface area contributed by atoms with Crippen LogP contribution >= 0.6 is 0 Å². The fourth-order valence-corrected chi connectivity index (χ4v) is 4.47. The molecule has 1 aliphatic rings. The molecule has 2 aromatic carbocycles. The molecule has 28 heavy (non-hydrogen) atoms. The third kappa shape index (κ3) is 4.42. The SMILES string of the molecule is O=C(NN=Cc1c(F)cccc1F)c1cccc(S(=O)(=O)N2CCCCC2)c1. The average Bonchev–Trinajstić information content (AvgIpc) is 2.71. The Morgan fingerprint density at radius 1 is 1.04 bits per heavy atom. The van der Waals surface area contributed by atoms with Crippen LogP contribution in [-0.4, -0.2) is 37.9 Å². The zero-order chi connectivity index (χ0) is 20.1. The Labute approximate surface area is 161 Å². The van der Waals surface area contributed by atoms with Crippen molar-refractivity contribution in [3.05, 3.63) is 65.2 Å². The molecule has 0 aromatic heterocycles. The van der Waals surface area contributed by atoms with Gasteiger partial charge in [0, 0.05) is 18.7 Å². The van der Waals surface area contributed by atoms with Gasteiger partial charge in [-0.2, -0.15) is 9.41 Å². The van der Waals surface area contributed by atoms with Crippen molar-refractivity contribution in [2.75, 3.05) is 13.1 Å². The number of sulfonamides is 1. The first-order valence-corrected chi connectivity index (χ1v) is 10.2. The van der Waals surface area contributed by atoms with Crippen LogP contribution < -0.4 is 5.43 Å². The standard InChI is InChI=1S/C19H19F2N3O3S/c20-17-8-5-9-18(21)16(17)13-22-23-19(25)14-6-4-7-15(12-14)28(26,27)24-10-2-1-3-11-24/h4-9,12-13H,1-3,10-11H2,(H,23,25). The van der Waals surface area contributed by atoms with Crippen molar-refractivity contribution in [3.63, 3.8) is 0 Å². The normalized spacial score (nSPS) is 15.6. The molecule has 148 valence electrons. The molecule has 0 saturated carbocycles. The number of benzene rings is 2. The molecule has 6 nitrogen and oxygen atoms in total. The first kappa shape index (κ1) is 20.1. The molecule has 9 heteroatoms. The van der Waals surface area contributed by atoms with Crippen molar-refractivity contribution in [2.24, 2.45) is 5.10 Å². The predicted octanol–water partition coefficient (Wildman–Crippen LogP) is 2.90. The van der Waals surface area contributed by atoms with Gasteiger partial charge in [-0.15, -0.1) is 0 Å². The van der Waals surface area contributed by atoms with E-state index in [4.69, 9.17) is 0 Å². The molecule has 0 radical (unpaired) electrons. The van der Waals surface area contributed by atoms with E-state index in [1.54, 1.807) is 0 Å². The number of carbonyl (C=O) groups is 1. The zero-order valence-electron chi connectivity index (χ0n) is 14.9. The van der Waals surface area contributed by atoms with E-state index < -0.39 is 27.6 Å². The Kier molecular flexibility index (Phi) is 6.15. The highest BCUT2D eigenvalue weighted by atomic mass is 32.2. The van der Waals surface area contributed by atoms with Crippen LogP contribution in [0, 0.1) is 11.6 Å². The number of amides is 1. The maximum Gasteiger partial charge on any atom is 0.271 e. The van der Waals surface area contributed by atoms with E-state index in [1.165, 1.54) is 34.6 Å². The quantitative estimate of drug-likeness (QED) is 0.612. The zero-order valence-corrected chi connectivity index (χ0v) is 15.8. The van der Waals surface area contributed by atoms with Gasteiger partial charge in [0.25, 0.3) is 5.91 Å². The lowest BCUT2D eigenvalue weighted by atomic mass is 10.2. The van der Waals surface area contributed by atoms with Gasteiger partial charge >= 0.3 is 0 Å². The Balaban J connectivity index is 1.74. The molecule has 0 unspecified atom stereocenters. The monoisotopic (exact) mass is 407 g/mol. The summed E-state index contributed by atoms with van der Waals surface area (Å²) in [5.41, 5.74) is 1.84. The van der Waals surface area contributed by atoms with E-state index in [0.29, 0.717) is 13.1 Å². The van der Waals surface area contributed by atoms with Crippen molar-refractivity contribution in [2.45, 2.75) is 24.2 Å². The van der Waals surface area contributed by atoms with Crippen molar-refractivity contribution in [1.82, 2.24) is 9.73 Å². The summed E-state index contributed by atoms with van der Waals surface area (Å²) in [6.45, 7) is 0.911. The number of hydrazone groups is 1. The van der Waals surface area contributed by atoms with Gasteiger partial charge in [-0.1, -0.05) is 18.6 Å². The Hall–Kier alpha value is -2.65. The smallest absolute Gasteiger partial charge is 0.267 e. The first-order valence-electron chi connectivity index (χ1n) is 8.77. The van der Waals surface area contributed by atoms with E-state index >= 15 is 0 Å². The third-order valence-electron chi connectivity index (χ3n) is 4.41. The summed E-state index contributed by atoms with van der Waals surface area (Å²) in [6, 6.07) is 8.95. The van der Waals surface area contributed by atoms with Gasteiger partial charge in [-0.3, -0.25) is 4.79 Å². The number of piperidine rings is 1. The van der Waals surface area contributed by atoms with Gasteiger partial charge in [-0.25, -0.2) is 22.6 Å². The summed E-state index contributed by atoms with van der Waals surface area (Å²) in [5.74, 6) is -2.32. The van der Waals surface area contributed by atoms with Crippen molar-refractivity contribution in [1.29, 1.82) is 0 Å². The highest BCUT2D eigenvalue weighted by molar-refractivity contribution is 7.89. The number of nitrogens with one attached hydrogen (secondary N) is 1. The van der Waals surface area contributed by atoms with Gasteiger partial charge < -0.3 is 0 Å². The summed E-state index contributed by atoms with van der Waals surface area (Å²) in [6.07, 6.45) is 3.47. The molecule has 2 aromatic rings. The lowest BCUT2D eigenvalue weighted by molar-refractivity contribution is 0.0955.